The number of carbonyl (C=O) groups is 1. The van der Waals surface area contributed by atoms with Gasteiger partial charge in [-0.1, -0.05) is 11.6 Å². The second-order valence-corrected chi connectivity index (χ2v) is 10.8. The van der Waals surface area contributed by atoms with Crippen molar-refractivity contribution in [3.63, 3.8) is 0 Å². The quantitative estimate of drug-likeness (QED) is 0.684. The van der Waals surface area contributed by atoms with Crippen molar-refractivity contribution >= 4 is 39.8 Å². The highest BCUT2D eigenvalue weighted by Gasteiger charge is 2.45. The number of nitrogens with zero attached hydrogens (tertiary/aromatic N) is 3. The molecule has 0 aliphatic carbocycles. The standard InChI is InChI=1S/C25H33ClN4O4/c1-24(2)18(4-9-34-24)23(32)28-22-12-16-11-20(19(26)10-17(16)13-27-22)29-5-7-30(8-6-29)25(3)15-33-14-21(25)31/h10-13,18,21,31H,4-9,14-15H2,1-3H3,(H,27,28,32)/t18-,21-,25+/m1/s1. The van der Waals surface area contributed by atoms with Crippen LogP contribution in [0.1, 0.15) is 27.2 Å². The monoisotopic (exact) mass is 488 g/mol. The molecule has 0 saturated carbocycles. The van der Waals surface area contributed by atoms with Crippen LogP contribution in [0, 0.1) is 5.92 Å². The lowest BCUT2D eigenvalue weighted by Gasteiger charge is -2.45. The molecule has 2 N–H and O–H groups in total. The van der Waals surface area contributed by atoms with Crippen LogP contribution >= 0.6 is 11.6 Å². The third kappa shape index (κ3) is 4.27. The second-order valence-electron chi connectivity index (χ2n) is 10.4. The molecular formula is C25H33ClN4O4. The van der Waals surface area contributed by atoms with Gasteiger partial charge in [0.05, 0.1) is 47.1 Å². The molecule has 184 valence electrons. The Hall–Kier alpha value is -1.97. The van der Waals surface area contributed by atoms with E-state index in [-0.39, 0.29) is 17.4 Å². The number of fused-ring (bicyclic) bond motifs is 1. The molecule has 3 saturated heterocycles. The van der Waals surface area contributed by atoms with Gasteiger partial charge in [-0.15, -0.1) is 0 Å². The molecule has 1 aromatic heterocycles. The van der Waals surface area contributed by atoms with Crippen molar-refractivity contribution < 1.29 is 19.4 Å². The summed E-state index contributed by atoms with van der Waals surface area (Å²) in [6.07, 6.45) is 1.99. The summed E-state index contributed by atoms with van der Waals surface area (Å²) in [5.41, 5.74) is 0.161. The van der Waals surface area contributed by atoms with Gasteiger partial charge in [-0.3, -0.25) is 9.69 Å². The van der Waals surface area contributed by atoms with Crippen LogP contribution in [-0.2, 0) is 14.3 Å². The summed E-state index contributed by atoms with van der Waals surface area (Å²) < 4.78 is 11.2. The average Bonchev–Trinajstić information content (AvgIpc) is 3.34. The smallest absolute Gasteiger partial charge is 0.231 e. The second kappa shape index (κ2) is 8.91. The summed E-state index contributed by atoms with van der Waals surface area (Å²) in [7, 11) is 0. The Balaban J connectivity index is 1.32. The fraction of sp³-hybridized carbons (Fsp3) is 0.600. The van der Waals surface area contributed by atoms with Gasteiger partial charge in [-0.25, -0.2) is 4.98 Å². The van der Waals surface area contributed by atoms with Gasteiger partial charge in [-0.05, 0) is 50.8 Å². The van der Waals surface area contributed by atoms with Crippen molar-refractivity contribution in [3.8, 4) is 0 Å². The van der Waals surface area contributed by atoms with Crippen molar-refractivity contribution in [2.75, 3.05) is 56.2 Å². The number of anilines is 2. The van der Waals surface area contributed by atoms with Crippen LogP contribution in [0.5, 0.6) is 0 Å². The molecule has 3 aliphatic heterocycles. The Morgan fingerprint density at radius 2 is 1.94 bits per heavy atom. The molecule has 1 aromatic carbocycles. The number of aromatic nitrogens is 1. The Morgan fingerprint density at radius 3 is 2.59 bits per heavy atom. The number of amides is 1. The first-order valence-corrected chi connectivity index (χ1v) is 12.4. The van der Waals surface area contributed by atoms with E-state index in [4.69, 9.17) is 21.1 Å². The largest absolute Gasteiger partial charge is 0.389 e. The maximum absolute atomic E-state index is 12.8. The summed E-state index contributed by atoms with van der Waals surface area (Å²) >= 11 is 6.67. The Morgan fingerprint density at radius 1 is 1.18 bits per heavy atom. The van der Waals surface area contributed by atoms with E-state index in [1.165, 1.54) is 0 Å². The molecule has 9 heteroatoms. The van der Waals surface area contributed by atoms with E-state index in [1.54, 1.807) is 6.20 Å². The first kappa shape index (κ1) is 23.8. The normalized spacial score (nSPS) is 29.6. The number of pyridine rings is 1. The van der Waals surface area contributed by atoms with E-state index < -0.39 is 11.7 Å². The molecule has 34 heavy (non-hydrogen) atoms. The molecule has 8 nitrogen and oxygen atoms in total. The van der Waals surface area contributed by atoms with Crippen molar-refractivity contribution in [1.29, 1.82) is 0 Å². The molecule has 1 amide bonds. The van der Waals surface area contributed by atoms with Gasteiger partial charge in [0.25, 0.3) is 0 Å². The van der Waals surface area contributed by atoms with E-state index in [0.717, 1.165) is 42.6 Å². The first-order chi connectivity index (χ1) is 16.2. The summed E-state index contributed by atoms with van der Waals surface area (Å²) in [5, 5.41) is 15.9. The fourth-order valence-corrected chi connectivity index (χ4v) is 5.72. The highest BCUT2D eigenvalue weighted by molar-refractivity contribution is 6.34. The predicted molar refractivity (Wildman–Crippen MR) is 133 cm³/mol. The number of aliphatic hydroxyl groups is 1. The Kier molecular flexibility index (Phi) is 6.23. The van der Waals surface area contributed by atoms with Crippen molar-refractivity contribution in [3.05, 3.63) is 29.4 Å². The number of ether oxygens (including phenoxy) is 2. The van der Waals surface area contributed by atoms with Crippen LogP contribution in [0.3, 0.4) is 0 Å². The van der Waals surface area contributed by atoms with Crippen molar-refractivity contribution in [2.24, 2.45) is 5.92 Å². The molecule has 0 radical (unpaired) electrons. The molecule has 0 unspecified atom stereocenters. The van der Waals surface area contributed by atoms with E-state index in [0.29, 0.717) is 37.1 Å². The number of benzene rings is 1. The van der Waals surface area contributed by atoms with Crippen LogP contribution in [0.4, 0.5) is 11.5 Å². The van der Waals surface area contributed by atoms with E-state index in [9.17, 15) is 9.90 Å². The summed E-state index contributed by atoms with van der Waals surface area (Å²) in [4.78, 5) is 21.9. The number of hydrogen-bond donors (Lipinski definition) is 2. The third-order valence-electron chi connectivity index (χ3n) is 7.81. The maximum Gasteiger partial charge on any atom is 0.231 e. The summed E-state index contributed by atoms with van der Waals surface area (Å²) in [6, 6.07) is 5.91. The topological polar surface area (TPSA) is 87.2 Å². The maximum atomic E-state index is 12.8. The lowest BCUT2D eigenvalue weighted by atomic mass is 9.90. The van der Waals surface area contributed by atoms with E-state index >= 15 is 0 Å². The number of carbonyl (C=O) groups excluding carboxylic acids is 1. The van der Waals surface area contributed by atoms with Gasteiger partial charge in [0.1, 0.15) is 5.82 Å². The van der Waals surface area contributed by atoms with Gasteiger partial charge in [0, 0.05) is 44.4 Å². The van der Waals surface area contributed by atoms with Crippen LogP contribution in [0.15, 0.2) is 24.4 Å². The minimum absolute atomic E-state index is 0.0637. The van der Waals surface area contributed by atoms with Crippen LogP contribution in [-0.4, -0.2) is 84.1 Å². The Bertz CT molecular complexity index is 1090. The van der Waals surface area contributed by atoms with Gasteiger partial charge >= 0.3 is 0 Å². The molecule has 3 aliphatic rings. The third-order valence-corrected chi connectivity index (χ3v) is 8.11. The highest BCUT2D eigenvalue weighted by Crippen LogP contribution is 2.35. The van der Waals surface area contributed by atoms with Crippen molar-refractivity contribution in [1.82, 2.24) is 9.88 Å². The van der Waals surface area contributed by atoms with Gasteiger partial charge < -0.3 is 24.8 Å². The molecule has 3 fully saturated rings. The summed E-state index contributed by atoms with van der Waals surface area (Å²) in [5.74, 6) is 0.264. The van der Waals surface area contributed by atoms with Crippen LogP contribution in [0.25, 0.3) is 10.8 Å². The number of piperazine rings is 1. The first-order valence-electron chi connectivity index (χ1n) is 12.0. The highest BCUT2D eigenvalue weighted by atomic mass is 35.5. The zero-order valence-electron chi connectivity index (χ0n) is 20.0. The number of nitrogens with one attached hydrogen (secondary N) is 1. The minimum Gasteiger partial charge on any atom is -0.389 e. The van der Waals surface area contributed by atoms with E-state index in [1.807, 2.05) is 26.0 Å². The predicted octanol–water partition coefficient (Wildman–Crippen LogP) is 2.91. The van der Waals surface area contributed by atoms with Crippen LogP contribution in [0.2, 0.25) is 5.02 Å². The number of halogens is 1. The van der Waals surface area contributed by atoms with Crippen molar-refractivity contribution in [2.45, 2.75) is 44.4 Å². The molecule has 4 heterocycles. The molecule has 0 bridgehead atoms. The van der Waals surface area contributed by atoms with Gasteiger partial charge in [0.15, 0.2) is 0 Å². The SMILES string of the molecule is CC1(C)OCC[C@@H]1C(=O)Nc1cc2cc(N3CCN([C@@]4(C)COC[C@H]4O)CC3)c(Cl)cc2cn1. The van der Waals surface area contributed by atoms with Gasteiger partial charge in [-0.2, -0.15) is 0 Å². The van der Waals surface area contributed by atoms with E-state index in [2.05, 4.69) is 33.1 Å². The molecule has 0 spiro atoms. The molecule has 2 aromatic rings. The van der Waals surface area contributed by atoms with Gasteiger partial charge in [0.2, 0.25) is 5.91 Å². The molecule has 5 rings (SSSR count). The minimum atomic E-state index is -0.471. The molecule has 3 atom stereocenters. The Labute approximate surface area is 205 Å². The molecular weight excluding hydrogens is 456 g/mol. The average molecular weight is 489 g/mol. The lowest BCUT2D eigenvalue weighted by Crippen LogP contribution is -2.60. The zero-order chi connectivity index (χ0) is 24.1. The zero-order valence-corrected chi connectivity index (χ0v) is 20.8. The fourth-order valence-electron chi connectivity index (χ4n) is 5.43. The van der Waals surface area contributed by atoms with Crippen LogP contribution < -0.4 is 10.2 Å². The number of aliphatic hydroxyl groups excluding tert-OH is 1. The number of rotatable bonds is 4. The summed E-state index contributed by atoms with van der Waals surface area (Å²) in [6.45, 7) is 10.8. The number of hydrogen-bond acceptors (Lipinski definition) is 7. The lowest BCUT2D eigenvalue weighted by molar-refractivity contribution is -0.124.